The van der Waals surface area contributed by atoms with Crippen LogP contribution in [0.5, 0.6) is 0 Å². The van der Waals surface area contributed by atoms with E-state index >= 15 is 0 Å². The van der Waals surface area contributed by atoms with E-state index in [-0.39, 0.29) is 54.2 Å². The molecule has 82 heavy (non-hydrogen) atoms. The molecule has 2 unspecified atom stereocenters. The minimum absolute atomic E-state index is 0.0191. The first-order valence-corrected chi connectivity index (χ1v) is 27.3. The highest BCUT2D eigenvalue weighted by Gasteiger charge is 2.46. The van der Waals surface area contributed by atoms with Gasteiger partial charge in [0.05, 0.1) is 76.6 Å². The van der Waals surface area contributed by atoms with Gasteiger partial charge >= 0.3 is 30.2 Å². The Balaban J connectivity index is 0.939. The van der Waals surface area contributed by atoms with Gasteiger partial charge in [0.25, 0.3) is 0 Å². The maximum Gasteiger partial charge on any atom is 0.416 e. The number of nitrogens with one attached hydrogen (secondary N) is 2. The van der Waals surface area contributed by atoms with Crippen molar-refractivity contribution in [3.05, 3.63) is 153 Å². The maximum atomic E-state index is 14.8. The van der Waals surface area contributed by atoms with E-state index in [0.29, 0.717) is 66.1 Å². The number of carbonyl (C=O) groups is 6. The molecule has 0 aliphatic carbocycles. The number of hydrogen-bond donors (Lipinski definition) is 2. The van der Waals surface area contributed by atoms with Gasteiger partial charge in [-0.25, -0.2) is 19.2 Å². The van der Waals surface area contributed by atoms with Crippen molar-refractivity contribution in [2.45, 2.75) is 85.0 Å². The zero-order valence-electron chi connectivity index (χ0n) is 47.3. The largest absolute Gasteiger partial charge is 0.463 e. The van der Waals surface area contributed by atoms with Crippen LogP contribution < -0.4 is 20.4 Å². The van der Waals surface area contributed by atoms with Crippen molar-refractivity contribution >= 4 is 47.2 Å². The van der Waals surface area contributed by atoms with E-state index in [1.165, 1.54) is 34.9 Å². The first kappa shape index (κ1) is 61.1. The van der Waals surface area contributed by atoms with Gasteiger partial charge in [-0.3, -0.25) is 19.4 Å². The summed E-state index contributed by atoms with van der Waals surface area (Å²) in [4.78, 5) is 94.0. The minimum Gasteiger partial charge on any atom is -0.463 e. The molecule has 2 atom stereocenters. The Morgan fingerprint density at radius 2 is 0.976 bits per heavy atom. The molecule has 1 fully saturated rings. The average molecular weight is 1130 g/mol. The van der Waals surface area contributed by atoms with E-state index in [9.17, 15) is 52.5 Å². The number of allylic oxidation sites excluding steroid dienone is 2. The number of benzene rings is 4. The lowest BCUT2D eigenvalue weighted by molar-refractivity contribution is -0.140. The second kappa shape index (κ2) is 26.8. The normalized spacial score (nSPS) is 17.4. The number of nitriles is 2. The summed E-state index contributed by atoms with van der Waals surface area (Å²) in [6, 6.07) is 24.9. The molecule has 1 saturated heterocycles. The van der Waals surface area contributed by atoms with Crippen molar-refractivity contribution < 1.29 is 51.4 Å². The highest BCUT2D eigenvalue weighted by atomic mass is 19.4. The molecule has 0 saturated carbocycles. The summed E-state index contributed by atoms with van der Waals surface area (Å²) in [6.45, 7) is 16.5. The van der Waals surface area contributed by atoms with Crippen LogP contribution in [0, 0.1) is 22.7 Å². The number of piperazine rings is 1. The molecular formula is C61H69F3N10O8. The standard InChI is InChI=1S/C61H69F3N10O8/c1-8-81-56(77)52-40(3)73(48-16-10-14-46(34-48)60(5,6)7)58(79)71(54(52)44-22-18-42(36-65)19-23-44)38-50(75)67-26-12-28-69-30-32-70(33-31-69)29-13-27-68-51(76)39-72-55(45-24-20-43(37-66)21-25-45)53(57(78)82-9-2)41(4)74(59(72)80)49-17-11-15-47(35-49)61(62,63)64/h10-11,14-25,34-35,54-55H,8-9,12-13,26-33,38-39H2,1-7H3,(H,67,75)(H,68,76). The SMILES string of the molecule is CCOC(=O)C1=C(C)N(c2cccc(C(C)(C)C)c2)C(=O)N(CC(=O)NCCCN2CCN(CCCNC(=O)CN3C(=O)N(c4cccc(C(F)(F)F)c4)C(C)=C(C(=O)OCC)C3c3ccc(C#N)cc3)CC2)C1c1ccc(C#N)cc1. The molecule has 0 spiro atoms. The van der Waals surface area contributed by atoms with Crippen LogP contribution >= 0.6 is 0 Å². The van der Waals surface area contributed by atoms with Crippen LogP contribution in [-0.2, 0) is 40.2 Å². The Hall–Kier alpha value is -8.53. The average Bonchev–Trinajstić information content (AvgIpc) is 2.50. The number of ether oxygens (including phenoxy) is 2. The zero-order chi connectivity index (χ0) is 59.5. The highest BCUT2D eigenvalue weighted by Crippen LogP contribution is 2.43. The topological polar surface area (TPSA) is 212 Å². The van der Waals surface area contributed by atoms with E-state index in [4.69, 9.17) is 9.47 Å². The van der Waals surface area contributed by atoms with Gasteiger partial charge in [-0.2, -0.15) is 23.7 Å². The van der Waals surface area contributed by atoms with E-state index in [2.05, 4.69) is 47.3 Å². The molecule has 3 heterocycles. The monoisotopic (exact) mass is 1130 g/mol. The van der Waals surface area contributed by atoms with Crippen LogP contribution in [0.4, 0.5) is 34.1 Å². The number of nitrogens with zero attached hydrogens (tertiary/aromatic N) is 8. The lowest BCUT2D eigenvalue weighted by Gasteiger charge is -2.42. The van der Waals surface area contributed by atoms with Crippen LogP contribution in [0.2, 0.25) is 0 Å². The number of rotatable bonds is 20. The molecule has 6 amide bonds. The summed E-state index contributed by atoms with van der Waals surface area (Å²) in [5.41, 5.74) is 2.17. The maximum absolute atomic E-state index is 14.8. The quantitative estimate of drug-likeness (QED) is 0.0629. The lowest BCUT2D eigenvalue weighted by atomic mass is 9.86. The van der Waals surface area contributed by atoms with Crippen molar-refractivity contribution in [2.75, 3.05) is 88.5 Å². The minimum atomic E-state index is -4.73. The number of esters is 2. The third-order valence-corrected chi connectivity index (χ3v) is 14.6. The van der Waals surface area contributed by atoms with Gasteiger partial charge in [0, 0.05) is 50.7 Å². The molecule has 7 rings (SSSR count). The first-order chi connectivity index (χ1) is 39.1. The molecule has 2 N–H and O–H groups in total. The van der Waals surface area contributed by atoms with Gasteiger partial charge < -0.3 is 39.7 Å². The number of carbonyl (C=O) groups excluding carboxylic acids is 6. The Labute approximate surface area is 476 Å². The fourth-order valence-electron chi connectivity index (χ4n) is 10.4. The Kier molecular flexibility index (Phi) is 20.0. The van der Waals surface area contributed by atoms with Crippen molar-refractivity contribution in [3.63, 3.8) is 0 Å². The lowest BCUT2D eigenvalue weighted by Crippen LogP contribution is -2.54. The number of urea groups is 2. The van der Waals surface area contributed by atoms with Gasteiger partial charge in [-0.1, -0.05) is 63.2 Å². The van der Waals surface area contributed by atoms with Crippen LogP contribution in [0.15, 0.2) is 120 Å². The Morgan fingerprint density at radius 1 is 0.598 bits per heavy atom. The number of anilines is 2. The van der Waals surface area contributed by atoms with Crippen LogP contribution in [0.25, 0.3) is 0 Å². The number of alkyl halides is 3. The van der Waals surface area contributed by atoms with E-state index in [1.54, 1.807) is 63.2 Å². The Morgan fingerprint density at radius 3 is 1.33 bits per heavy atom. The van der Waals surface area contributed by atoms with Crippen molar-refractivity contribution in [2.24, 2.45) is 0 Å². The van der Waals surface area contributed by atoms with Crippen LogP contribution in [-0.4, -0.2) is 134 Å². The first-order valence-electron chi connectivity index (χ1n) is 27.3. The van der Waals surface area contributed by atoms with E-state index < -0.39 is 66.2 Å². The molecule has 432 valence electrons. The third kappa shape index (κ3) is 14.3. The Bertz CT molecular complexity index is 2960. The fourth-order valence-corrected chi connectivity index (χ4v) is 10.4. The molecule has 4 aromatic carbocycles. The van der Waals surface area contributed by atoms with Gasteiger partial charge in [-0.05, 0) is 130 Å². The molecule has 21 heteroatoms. The van der Waals surface area contributed by atoms with E-state index in [0.717, 1.165) is 59.7 Å². The number of amides is 6. The predicted molar refractivity (Wildman–Crippen MR) is 300 cm³/mol. The molecule has 0 aromatic heterocycles. The second-order valence-electron chi connectivity index (χ2n) is 21.1. The van der Waals surface area contributed by atoms with Crippen LogP contribution in [0.3, 0.4) is 0 Å². The van der Waals surface area contributed by atoms with Gasteiger partial charge in [0.2, 0.25) is 11.8 Å². The van der Waals surface area contributed by atoms with Gasteiger partial charge in [0.1, 0.15) is 13.1 Å². The molecule has 4 aromatic rings. The van der Waals surface area contributed by atoms with E-state index in [1.807, 2.05) is 24.3 Å². The summed E-state index contributed by atoms with van der Waals surface area (Å²) in [5.74, 6) is -2.46. The smallest absolute Gasteiger partial charge is 0.416 e. The summed E-state index contributed by atoms with van der Waals surface area (Å²) >= 11 is 0. The zero-order valence-corrected chi connectivity index (χ0v) is 47.3. The van der Waals surface area contributed by atoms with Gasteiger partial charge in [0.15, 0.2) is 0 Å². The summed E-state index contributed by atoms with van der Waals surface area (Å²) in [5, 5.41) is 24.9. The molecule has 0 bridgehead atoms. The fraction of sp³-hybridized carbons (Fsp3) is 0.410. The molecule has 3 aliphatic rings. The second-order valence-corrected chi connectivity index (χ2v) is 21.1. The summed E-state index contributed by atoms with van der Waals surface area (Å²) in [6.07, 6.45) is -3.57. The third-order valence-electron chi connectivity index (χ3n) is 14.6. The molecule has 18 nitrogen and oxygen atoms in total. The number of hydrogen-bond acceptors (Lipinski definition) is 12. The molecule has 0 radical (unpaired) electrons. The van der Waals surface area contributed by atoms with Crippen LogP contribution in [0.1, 0.15) is 107 Å². The molecular weight excluding hydrogens is 1060 g/mol. The predicted octanol–water partition coefficient (Wildman–Crippen LogP) is 8.72. The van der Waals surface area contributed by atoms with Crippen molar-refractivity contribution in [1.29, 1.82) is 10.5 Å². The van der Waals surface area contributed by atoms with Crippen molar-refractivity contribution in [1.82, 2.24) is 30.2 Å². The van der Waals surface area contributed by atoms with Gasteiger partial charge in [-0.15, -0.1) is 0 Å². The summed E-state index contributed by atoms with van der Waals surface area (Å²) in [7, 11) is 0. The summed E-state index contributed by atoms with van der Waals surface area (Å²) < 4.78 is 52.7. The number of halogens is 3. The highest BCUT2D eigenvalue weighted by molar-refractivity contribution is 6.05. The van der Waals surface area contributed by atoms with Crippen molar-refractivity contribution in [3.8, 4) is 12.1 Å². The molecule has 3 aliphatic heterocycles.